The van der Waals surface area contributed by atoms with Gasteiger partial charge in [0.05, 0.1) is 5.69 Å². The predicted octanol–water partition coefficient (Wildman–Crippen LogP) is 6.94. The molecule has 0 spiro atoms. The molecule has 2 aromatic carbocycles. The molecular formula is C30H31F2N3O2. The lowest BCUT2D eigenvalue weighted by atomic mass is 9.88. The van der Waals surface area contributed by atoms with Gasteiger partial charge in [-0.25, -0.2) is 8.78 Å². The van der Waals surface area contributed by atoms with Gasteiger partial charge in [-0.2, -0.15) is 5.10 Å². The van der Waals surface area contributed by atoms with Crippen molar-refractivity contribution >= 4 is 17.3 Å². The number of phenols is 1. The fourth-order valence-electron chi connectivity index (χ4n) is 3.93. The minimum Gasteiger partial charge on any atom is -0.505 e. The molecule has 0 aliphatic heterocycles. The lowest BCUT2D eigenvalue weighted by Crippen LogP contribution is -2.33. The molecule has 1 aliphatic rings. The van der Waals surface area contributed by atoms with Crippen LogP contribution in [0.1, 0.15) is 37.3 Å². The van der Waals surface area contributed by atoms with Crippen LogP contribution in [0.5, 0.6) is 5.75 Å². The van der Waals surface area contributed by atoms with Gasteiger partial charge < -0.3 is 10.0 Å². The van der Waals surface area contributed by atoms with E-state index in [2.05, 4.69) is 23.5 Å². The Kier molecular flexibility index (Phi) is 9.72. The van der Waals surface area contributed by atoms with Crippen molar-refractivity contribution in [1.29, 1.82) is 0 Å². The first-order valence-electron chi connectivity index (χ1n) is 11.9. The number of hydrogen-bond acceptors (Lipinski definition) is 4. The number of amides is 1. The summed E-state index contributed by atoms with van der Waals surface area (Å²) in [6.07, 6.45) is 11.0. The maximum atomic E-state index is 13.5. The number of allylic oxidation sites excluding steroid dienone is 9. The van der Waals surface area contributed by atoms with E-state index >= 15 is 0 Å². The molecule has 1 amide bonds. The Balaban J connectivity index is 1.90. The van der Waals surface area contributed by atoms with Crippen LogP contribution >= 0.6 is 0 Å². The Hall–Kier alpha value is -4.26. The lowest BCUT2D eigenvalue weighted by Gasteiger charge is -2.21. The van der Waals surface area contributed by atoms with Gasteiger partial charge in [0.15, 0.2) is 5.71 Å². The van der Waals surface area contributed by atoms with Crippen molar-refractivity contribution in [3.05, 3.63) is 120 Å². The highest BCUT2D eigenvalue weighted by Crippen LogP contribution is 2.37. The number of rotatable bonds is 9. The van der Waals surface area contributed by atoms with Gasteiger partial charge in [0.25, 0.3) is 12.3 Å². The Labute approximate surface area is 216 Å². The Bertz CT molecular complexity index is 1270. The van der Waals surface area contributed by atoms with Gasteiger partial charge in [-0.1, -0.05) is 84.5 Å². The summed E-state index contributed by atoms with van der Waals surface area (Å²) >= 11 is 0. The molecule has 0 aromatic heterocycles. The number of carbonyl (C=O) groups is 1. The van der Waals surface area contributed by atoms with E-state index in [0.717, 1.165) is 18.1 Å². The van der Waals surface area contributed by atoms with Crippen LogP contribution in [-0.2, 0) is 4.79 Å². The van der Waals surface area contributed by atoms with Crippen LogP contribution < -0.4 is 5.43 Å². The number of hydrogen-bond donors (Lipinski definition) is 2. The number of alkyl halides is 2. The zero-order valence-corrected chi connectivity index (χ0v) is 21.1. The molecule has 2 aromatic rings. The maximum Gasteiger partial charge on any atom is 0.279 e. The maximum absolute atomic E-state index is 13.5. The molecule has 192 valence electrons. The van der Waals surface area contributed by atoms with E-state index in [4.69, 9.17) is 0 Å². The molecule has 0 radical (unpaired) electrons. The first kappa shape index (κ1) is 27.3. The number of carbonyl (C=O) groups excluding carboxylic acids is 1. The molecule has 7 heteroatoms. The molecule has 1 atom stereocenters. The molecule has 0 fully saturated rings. The Morgan fingerprint density at radius 1 is 1.16 bits per heavy atom. The van der Waals surface area contributed by atoms with Crippen molar-refractivity contribution in [3.63, 3.8) is 0 Å². The van der Waals surface area contributed by atoms with Gasteiger partial charge in [-0.05, 0) is 38.5 Å². The van der Waals surface area contributed by atoms with Crippen LogP contribution in [-0.4, -0.2) is 35.1 Å². The molecule has 37 heavy (non-hydrogen) atoms. The molecule has 0 saturated carbocycles. The average Bonchev–Trinajstić information content (AvgIpc) is 2.89. The predicted molar refractivity (Wildman–Crippen MR) is 146 cm³/mol. The minimum atomic E-state index is -2.55. The summed E-state index contributed by atoms with van der Waals surface area (Å²) in [4.78, 5) is 14.9. The second-order valence-corrected chi connectivity index (χ2v) is 8.55. The Morgan fingerprint density at radius 3 is 2.59 bits per heavy atom. The first-order chi connectivity index (χ1) is 17.8. The number of nitrogens with zero attached hydrogens (tertiary/aromatic N) is 2. The topological polar surface area (TPSA) is 64.9 Å². The van der Waals surface area contributed by atoms with E-state index in [0.29, 0.717) is 16.9 Å². The number of hydrazone groups is 1. The molecule has 0 bridgehead atoms. The highest BCUT2D eigenvalue weighted by molar-refractivity contribution is 6.45. The van der Waals surface area contributed by atoms with Crippen molar-refractivity contribution in [3.8, 4) is 5.75 Å². The first-order valence-corrected chi connectivity index (χ1v) is 11.9. The number of para-hydroxylation sites is 1. The smallest absolute Gasteiger partial charge is 0.279 e. The number of aromatic hydroxyl groups is 1. The van der Waals surface area contributed by atoms with Crippen LogP contribution in [0, 0.1) is 0 Å². The summed E-state index contributed by atoms with van der Waals surface area (Å²) in [7, 11) is 1.58. The number of phenolic OH excluding ortho intramolecular Hbond substituents is 1. The van der Waals surface area contributed by atoms with E-state index in [1.165, 1.54) is 22.6 Å². The molecular weight excluding hydrogens is 472 g/mol. The van der Waals surface area contributed by atoms with Gasteiger partial charge >= 0.3 is 0 Å². The van der Waals surface area contributed by atoms with Crippen LogP contribution in [0.2, 0.25) is 0 Å². The summed E-state index contributed by atoms with van der Waals surface area (Å²) in [5.41, 5.74) is 6.46. The highest BCUT2D eigenvalue weighted by Gasteiger charge is 2.21. The van der Waals surface area contributed by atoms with Crippen LogP contribution in [0.4, 0.5) is 14.5 Å². The summed E-state index contributed by atoms with van der Waals surface area (Å²) in [5, 5.41) is 15.4. The van der Waals surface area contributed by atoms with Crippen LogP contribution in [0.25, 0.3) is 0 Å². The minimum absolute atomic E-state index is 0.0419. The van der Waals surface area contributed by atoms with Gasteiger partial charge in [0, 0.05) is 29.8 Å². The SMILES string of the molecule is C\C=C(/C=C\C=C\C(F)F)N(C)C(=O)/C(=N\Nc1cccc(C2C=CC=C(C)C2)c1O)c1ccccc1. The molecule has 5 nitrogen and oxygen atoms in total. The summed E-state index contributed by atoms with van der Waals surface area (Å²) in [5.74, 6) is -0.298. The van der Waals surface area contributed by atoms with Crippen LogP contribution in [0.15, 0.2) is 114 Å². The van der Waals surface area contributed by atoms with Gasteiger partial charge in [0.2, 0.25) is 0 Å². The Morgan fingerprint density at radius 2 is 1.92 bits per heavy atom. The number of halogens is 2. The largest absolute Gasteiger partial charge is 0.505 e. The fraction of sp³-hybridized carbons (Fsp3) is 0.200. The van der Waals surface area contributed by atoms with E-state index < -0.39 is 12.3 Å². The number of anilines is 1. The van der Waals surface area contributed by atoms with Crippen molar-refractivity contribution in [2.45, 2.75) is 32.6 Å². The third kappa shape index (κ3) is 7.36. The van der Waals surface area contributed by atoms with Crippen molar-refractivity contribution in [2.75, 3.05) is 12.5 Å². The monoisotopic (exact) mass is 503 g/mol. The second kappa shape index (κ2) is 13.2. The van der Waals surface area contributed by atoms with Crippen molar-refractivity contribution in [2.24, 2.45) is 5.10 Å². The number of nitrogens with one attached hydrogen (secondary N) is 1. The second-order valence-electron chi connectivity index (χ2n) is 8.55. The quantitative estimate of drug-likeness (QED) is 0.169. The van der Waals surface area contributed by atoms with Gasteiger partial charge in [-0.15, -0.1) is 0 Å². The normalized spacial score (nSPS) is 16.5. The average molecular weight is 504 g/mol. The van der Waals surface area contributed by atoms with Crippen molar-refractivity contribution in [1.82, 2.24) is 4.90 Å². The lowest BCUT2D eigenvalue weighted by molar-refractivity contribution is -0.121. The zero-order valence-electron chi connectivity index (χ0n) is 21.1. The molecule has 1 aliphatic carbocycles. The zero-order chi connectivity index (χ0) is 26.8. The van der Waals surface area contributed by atoms with E-state index in [9.17, 15) is 18.7 Å². The molecule has 1 unspecified atom stereocenters. The summed E-state index contributed by atoms with van der Waals surface area (Å²) < 4.78 is 24.8. The fourth-order valence-corrected chi connectivity index (χ4v) is 3.93. The number of benzene rings is 2. The molecule has 3 rings (SSSR count). The van der Waals surface area contributed by atoms with Crippen LogP contribution in [0.3, 0.4) is 0 Å². The summed E-state index contributed by atoms with van der Waals surface area (Å²) in [6, 6.07) is 14.4. The number of likely N-dealkylation sites (N-methyl/N-ethyl adjacent to an activating group) is 1. The standard InChI is InChI=1S/C30H31F2N3O2/c1-4-24(16-8-9-19-27(31)32)35(3)30(37)28(22-13-6-5-7-14-22)34-33-26-18-11-17-25(29(26)36)23-15-10-12-21(2)20-23/h4-19,23,27,33,36H,20H2,1-3H3/b16-8-,19-9+,24-4+,34-28-. The molecule has 0 saturated heterocycles. The summed E-state index contributed by atoms with van der Waals surface area (Å²) in [6.45, 7) is 3.80. The van der Waals surface area contributed by atoms with E-state index in [1.807, 2.05) is 30.4 Å². The third-order valence-corrected chi connectivity index (χ3v) is 5.89. The van der Waals surface area contributed by atoms with E-state index in [1.54, 1.807) is 56.5 Å². The van der Waals surface area contributed by atoms with E-state index in [-0.39, 0.29) is 17.4 Å². The molecule has 2 N–H and O–H groups in total. The highest BCUT2D eigenvalue weighted by atomic mass is 19.3. The van der Waals surface area contributed by atoms with Gasteiger partial charge in [0.1, 0.15) is 5.75 Å². The van der Waals surface area contributed by atoms with Crippen molar-refractivity contribution < 1.29 is 18.7 Å². The van der Waals surface area contributed by atoms with Gasteiger partial charge in [-0.3, -0.25) is 10.2 Å². The molecule has 0 heterocycles. The third-order valence-electron chi connectivity index (χ3n) is 5.89.